The van der Waals surface area contributed by atoms with Crippen LogP contribution in [0.4, 0.5) is 4.79 Å². The first kappa shape index (κ1) is 22.1. The molecule has 2 heterocycles. The summed E-state index contributed by atoms with van der Waals surface area (Å²) in [6.45, 7) is 7.61. The van der Waals surface area contributed by atoms with Gasteiger partial charge in [-0.05, 0) is 76.5 Å². The number of piperidine rings is 1. The molecule has 0 saturated carbocycles. The average molecular weight is 417 g/mol. The van der Waals surface area contributed by atoms with Crippen LogP contribution in [0.1, 0.15) is 58.6 Å². The van der Waals surface area contributed by atoms with Crippen LogP contribution >= 0.6 is 0 Å². The summed E-state index contributed by atoms with van der Waals surface area (Å²) in [6, 6.07) is 3.86. The van der Waals surface area contributed by atoms with E-state index in [-0.39, 0.29) is 12.0 Å². The Labute approximate surface area is 178 Å². The summed E-state index contributed by atoms with van der Waals surface area (Å²) in [7, 11) is 0. The fourth-order valence-corrected chi connectivity index (χ4v) is 3.77. The number of rotatable bonds is 5. The zero-order chi connectivity index (χ0) is 21.7. The van der Waals surface area contributed by atoms with Gasteiger partial charge in [-0.3, -0.25) is 9.78 Å². The molecule has 1 fully saturated rings. The van der Waals surface area contributed by atoms with Gasteiger partial charge in [0.05, 0.1) is 24.4 Å². The number of likely N-dealkylation sites (tertiary alicyclic amines) is 1. The van der Waals surface area contributed by atoms with E-state index in [1.165, 1.54) is 0 Å². The van der Waals surface area contributed by atoms with E-state index in [1.54, 1.807) is 11.1 Å². The Bertz CT molecular complexity index is 774. The van der Waals surface area contributed by atoms with E-state index in [0.717, 1.165) is 36.3 Å². The van der Waals surface area contributed by atoms with Crippen LogP contribution in [0.25, 0.3) is 5.57 Å². The summed E-state index contributed by atoms with van der Waals surface area (Å²) >= 11 is 0. The molecule has 1 N–H and O–H groups in total. The predicted octanol–water partition coefficient (Wildman–Crippen LogP) is 4.38. The minimum absolute atomic E-state index is 0.242. The molecule has 1 aliphatic heterocycles. The van der Waals surface area contributed by atoms with Crippen LogP contribution < -0.4 is 4.74 Å². The van der Waals surface area contributed by atoms with Crippen molar-refractivity contribution < 1.29 is 24.2 Å². The number of pyridine rings is 1. The molecule has 164 valence electrons. The van der Waals surface area contributed by atoms with E-state index in [2.05, 4.69) is 4.98 Å². The maximum atomic E-state index is 12.1. The normalized spacial score (nSPS) is 20.4. The molecule has 0 radical (unpaired) electrons. The van der Waals surface area contributed by atoms with Crippen LogP contribution in [0.3, 0.4) is 0 Å². The van der Waals surface area contributed by atoms with E-state index in [4.69, 9.17) is 14.6 Å². The third kappa shape index (κ3) is 6.21. The zero-order valence-electron chi connectivity index (χ0n) is 18.1. The number of ether oxygens (including phenoxy) is 2. The number of carboxylic acids is 1. The van der Waals surface area contributed by atoms with E-state index in [9.17, 15) is 9.59 Å². The monoisotopic (exact) mass is 416 g/mol. The summed E-state index contributed by atoms with van der Waals surface area (Å²) in [5, 5.41) is 9.10. The number of carbonyl (C=O) groups excluding carboxylic acids is 1. The molecule has 0 bridgehead atoms. The van der Waals surface area contributed by atoms with Crippen molar-refractivity contribution in [2.45, 2.75) is 58.5 Å². The minimum atomic E-state index is -0.723. The van der Waals surface area contributed by atoms with Crippen LogP contribution in [-0.4, -0.2) is 52.4 Å². The molecule has 1 aromatic heterocycles. The minimum Gasteiger partial charge on any atom is -0.492 e. The summed E-state index contributed by atoms with van der Waals surface area (Å²) in [5.41, 5.74) is 1.52. The van der Waals surface area contributed by atoms with Crippen molar-refractivity contribution in [3.8, 4) is 5.75 Å². The number of hydrogen-bond acceptors (Lipinski definition) is 5. The largest absolute Gasteiger partial charge is 0.492 e. The van der Waals surface area contributed by atoms with Crippen molar-refractivity contribution >= 4 is 17.6 Å². The molecule has 1 aliphatic carbocycles. The second kappa shape index (κ2) is 9.49. The summed E-state index contributed by atoms with van der Waals surface area (Å²) < 4.78 is 11.4. The molecule has 3 rings (SSSR count). The molecule has 1 aromatic rings. The van der Waals surface area contributed by atoms with Crippen molar-refractivity contribution in [3.63, 3.8) is 0 Å². The highest BCUT2D eigenvalue weighted by atomic mass is 16.6. The van der Waals surface area contributed by atoms with E-state index >= 15 is 0 Å². The van der Waals surface area contributed by atoms with Gasteiger partial charge in [-0.1, -0.05) is 6.08 Å². The SMILES string of the molecule is CC(C)(C)OC(=O)N1CCC(COc2ccc(C3=CCC(C(=O)O)CC3)nc2)CC1. The highest BCUT2D eigenvalue weighted by Gasteiger charge is 2.27. The Morgan fingerprint density at radius 1 is 1.20 bits per heavy atom. The first-order valence-electron chi connectivity index (χ1n) is 10.7. The van der Waals surface area contributed by atoms with Gasteiger partial charge < -0.3 is 19.5 Å². The topological polar surface area (TPSA) is 89.0 Å². The van der Waals surface area contributed by atoms with Gasteiger partial charge in [0.1, 0.15) is 11.4 Å². The third-order valence-corrected chi connectivity index (χ3v) is 5.58. The lowest BCUT2D eigenvalue weighted by Gasteiger charge is -2.33. The average Bonchev–Trinajstić information content (AvgIpc) is 2.72. The number of nitrogens with zero attached hydrogens (tertiary/aromatic N) is 2. The van der Waals surface area contributed by atoms with Crippen LogP contribution in [0, 0.1) is 11.8 Å². The van der Waals surface area contributed by atoms with E-state index < -0.39 is 11.6 Å². The molecule has 7 heteroatoms. The second-order valence-corrected chi connectivity index (χ2v) is 9.14. The van der Waals surface area contributed by atoms with Gasteiger partial charge in [-0.25, -0.2) is 4.79 Å². The molecule has 1 atom stereocenters. The van der Waals surface area contributed by atoms with Gasteiger partial charge in [0, 0.05) is 13.1 Å². The third-order valence-electron chi connectivity index (χ3n) is 5.58. The van der Waals surface area contributed by atoms with Crippen LogP contribution in [-0.2, 0) is 9.53 Å². The fraction of sp³-hybridized carbons (Fsp3) is 0.609. The fourth-order valence-electron chi connectivity index (χ4n) is 3.77. The first-order chi connectivity index (χ1) is 14.2. The maximum absolute atomic E-state index is 12.1. The zero-order valence-corrected chi connectivity index (χ0v) is 18.1. The van der Waals surface area contributed by atoms with Crippen LogP contribution in [0.5, 0.6) is 5.75 Å². The molecule has 1 unspecified atom stereocenters. The Hall–Kier alpha value is -2.57. The molecule has 1 saturated heterocycles. The van der Waals surface area contributed by atoms with Gasteiger partial charge in [-0.15, -0.1) is 0 Å². The molecule has 7 nitrogen and oxygen atoms in total. The van der Waals surface area contributed by atoms with Gasteiger partial charge in [0.15, 0.2) is 0 Å². The summed E-state index contributed by atoms with van der Waals surface area (Å²) in [4.78, 5) is 29.5. The van der Waals surface area contributed by atoms with Gasteiger partial charge in [0.25, 0.3) is 0 Å². The lowest BCUT2D eigenvalue weighted by molar-refractivity contribution is -0.141. The standard InChI is InChI=1S/C23H32N2O5/c1-23(2,3)30-22(28)25-12-10-16(11-13-25)15-29-19-8-9-20(24-14-19)17-4-6-18(7-5-17)21(26)27/h4,8-9,14,16,18H,5-7,10-13,15H2,1-3H3,(H,26,27). The Balaban J connectivity index is 1.43. The highest BCUT2D eigenvalue weighted by Crippen LogP contribution is 2.30. The smallest absolute Gasteiger partial charge is 0.410 e. The van der Waals surface area contributed by atoms with Crippen molar-refractivity contribution in [1.29, 1.82) is 0 Å². The summed E-state index contributed by atoms with van der Waals surface area (Å²) in [6.07, 6.45) is 7.22. The Kier molecular flexibility index (Phi) is 7.00. The molecule has 0 spiro atoms. The molecule has 0 aromatic carbocycles. The second-order valence-electron chi connectivity index (χ2n) is 9.14. The quantitative estimate of drug-likeness (QED) is 0.766. The Morgan fingerprint density at radius 2 is 1.93 bits per heavy atom. The van der Waals surface area contributed by atoms with Crippen LogP contribution in [0.2, 0.25) is 0 Å². The van der Waals surface area contributed by atoms with Crippen molar-refractivity contribution in [2.24, 2.45) is 11.8 Å². The molecule has 2 aliphatic rings. The number of hydrogen-bond donors (Lipinski definition) is 1. The van der Waals surface area contributed by atoms with E-state index in [0.29, 0.717) is 38.5 Å². The van der Waals surface area contributed by atoms with Crippen molar-refractivity contribution in [2.75, 3.05) is 19.7 Å². The number of amides is 1. The number of aromatic nitrogens is 1. The molecule has 1 amide bonds. The number of carboxylic acid groups (broad SMARTS) is 1. The van der Waals surface area contributed by atoms with Gasteiger partial charge >= 0.3 is 12.1 Å². The molecular weight excluding hydrogens is 384 g/mol. The predicted molar refractivity (Wildman–Crippen MR) is 113 cm³/mol. The maximum Gasteiger partial charge on any atom is 0.410 e. The lowest BCUT2D eigenvalue weighted by Crippen LogP contribution is -2.42. The lowest BCUT2D eigenvalue weighted by atomic mass is 9.88. The van der Waals surface area contributed by atoms with E-state index in [1.807, 2.05) is 39.0 Å². The summed E-state index contributed by atoms with van der Waals surface area (Å²) in [5.74, 6) is 0.127. The first-order valence-corrected chi connectivity index (χ1v) is 10.7. The Morgan fingerprint density at radius 3 is 2.47 bits per heavy atom. The van der Waals surface area contributed by atoms with Gasteiger partial charge in [0.2, 0.25) is 0 Å². The molecular formula is C23H32N2O5. The number of carbonyl (C=O) groups is 2. The van der Waals surface area contributed by atoms with Crippen molar-refractivity contribution in [1.82, 2.24) is 9.88 Å². The molecule has 30 heavy (non-hydrogen) atoms. The number of allylic oxidation sites excluding steroid dienone is 2. The van der Waals surface area contributed by atoms with Crippen LogP contribution in [0.15, 0.2) is 24.4 Å². The van der Waals surface area contributed by atoms with Gasteiger partial charge in [-0.2, -0.15) is 0 Å². The highest BCUT2D eigenvalue weighted by molar-refractivity contribution is 5.73. The number of aliphatic carboxylic acids is 1. The van der Waals surface area contributed by atoms with Crippen molar-refractivity contribution in [3.05, 3.63) is 30.1 Å².